The first-order valence-electron chi connectivity index (χ1n) is 9.30. The van der Waals surface area contributed by atoms with Crippen LogP contribution in [0.4, 0.5) is 5.69 Å². The lowest BCUT2D eigenvalue weighted by molar-refractivity contribution is -0.115. The number of nitrogens with one attached hydrogen (secondary N) is 1. The number of benzene rings is 3. The molecule has 1 heterocycles. The summed E-state index contributed by atoms with van der Waals surface area (Å²) in [6.45, 7) is 0. The Bertz CT molecular complexity index is 1210. The maximum atomic E-state index is 13.1. The summed E-state index contributed by atoms with van der Waals surface area (Å²) in [4.78, 5) is 25.8. The molecule has 0 saturated heterocycles. The van der Waals surface area contributed by atoms with E-state index in [4.69, 9.17) is 20.8 Å². The Balaban J connectivity index is 1.65. The first kappa shape index (κ1) is 19.7. The molecule has 0 saturated carbocycles. The highest BCUT2D eigenvalue weighted by Gasteiger charge is 2.23. The second-order valence-electron chi connectivity index (χ2n) is 6.71. The van der Waals surface area contributed by atoms with Crippen LogP contribution in [0.5, 0.6) is 5.75 Å². The van der Waals surface area contributed by atoms with Gasteiger partial charge in [0.25, 0.3) is 0 Å². The summed E-state index contributed by atoms with van der Waals surface area (Å²) in [5.74, 6) is 0.219. The minimum atomic E-state index is -0.331. The number of ether oxygens (including phenoxy) is 1. The van der Waals surface area contributed by atoms with Gasteiger partial charge in [0.1, 0.15) is 11.3 Å². The molecular formula is C24H18ClNO4. The molecule has 5 nitrogen and oxygen atoms in total. The lowest BCUT2D eigenvalue weighted by Gasteiger charge is -2.07. The average Bonchev–Trinajstić information content (AvgIpc) is 3.12. The van der Waals surface area contributed by atoms with Crippen LogP contribution in [-0.4, -0.2) is 18.8 Å². The van der Waals surface area contributed by atoms with Crippen LogP contribution >= 0.6 is 11.6 Å². The van der Waals surface area contributed by atoms with E-state index in [1.54, 1.807) is 55.6 Å². The van der Waals surface area contributed by atoms with E-state index in [1.165, 1.54) is 0 Å². The van der Waals surface area contributed by atoms with Crippen molar-refractivity contribution in [2.75, 3.05) is 12.4 Å². The molecule has 0 spiro atoms. The van der Waals surface area contributed by atoms with Gasteiger partial charge in [-0.1, -0.05) is 35.9 Å². The Hall–Kier alpha value is -3.57. The Morgan fingerprint density at radius 3 is 2.37 bits per heavy atom. The van der Waals surface area contributed by atoms with Gasteiger partial charge in [0.05, 0.1) is 19.2 Å². The van der Waals surface area contributed by atoms with Crippen molar-refractivity contribution < 1.29 is 18.7 Å². The third-order valence-corrected chi connectivity index (χ3v) is 4.95. The molecule has 0 unspecified atom stereocenters. The molecule has 0 atom stereocenters. The first-order valence-corrected chi connectivity index (χ1v) is 9.67. The fraction of sp³-hybridized carbons (Fsp3) is 0.0833. The minimum absolute atomic E-state index is 0.0848. The summed E-state index contributed by atoms with van der Waals surface area (Å²) < 4.78 is 11.0. The number of halogens is 1. The van der Waals surface area contributed by atoms with Crippen LogP contribution in [0.3, 0.4) is 0 Å². The minimum Gasteiger partial charge on any atom is -0.497 e. The van der Waals surface area contributed by atoms with Gasteiger partial charge >= 0.3 is 0 Å². The number of ketones is 1. The van der Waals surface area contributed by atoms with E-state index < -0.39 is 0 Å². The molecule has 30 heavy (non-hydrogen) atoms. The van der Waals surface area contributed by atoms with Crippen molar-refractivity contribution in [3.63, 3.8) is 0 Å². The van der Waals surface area contributed by atoms with Crippen LogP contribution in [0, 0.1) is 0 Å². The van der Waals surface area contributed by atoms with Gasteiger partial charge in [0.2, 0.25) is 11.7 Å². The highest BCUT2D eigenvalue weighted by atomic mass is 35.5. The normalized spacial score (nSPS) is 10.7. The Kier molecular flexibility index (Phi) is 5.55. The monoisotopic (exact) mass is 419 g/mol. The second-order valence-corrected chi connectivity index (χ2v) is 7.15. The van der Waals surface area contributed by atoms with E-state index in [0.717, 1.165) is 11.3 Å². The highest BCUT2D eigenvalue weighted by molar-refractivity contribution is 6.30. The first-order chi connectivity index (χ1) is 14.5. The number of amides is 1. The van der Waals surface area contributed by atoms with Crippen molar-refractivity contribution in [3.05, 3.63) is 94.7 Å². The smallest absolute Gasteiger partial charge is 0.230 e. The van der Waals surface area contributed by atoms with Gasteiger partial charge in [0.15, 0.2) is 5.76 Å². The van der Waals surface area contributed by atoms with E-state index in [1.807, 2.05) is 24.3 Å². The highest BCUT2D eigenvalue weighted by Crippen LogP contribution is 2.33. The molecule has 0 fully saturated rings. The number of anilines is 1. The quantitative estimate of drug-likeness (QED) is 0.418. The summed E-state index contributed by atoms with van der Waals surface area (Å²) in [6.07, 6.45) is 0.151. The molecule has 1 N–H and O–H groups in total. The number of hydrogen-bond donors (Lipinski definition) is 1. The number of carbonyl (C=O) groups excluding carboxylic acids is 2. The fourth-order valence-electron chi connectivity index (χ4n) is 3.17. The standard InChI is InChI=1S/C24H18ClNO4/c1-29-18-12-6-15(7-13-18)14-21(27)26-22-19-4-2-3-5-20(19)30-24(22)23(28)16-8-10-17(25)11-9-16/h2-13H,14H2,1H3,(H,26,27). The predicted octanol–water partition coefficient (Wildman–Crippen LogP) is 5.51. The molecule has 0 aliphatic rings. The second kappa shape index (κ2) is 8.43. The summed E-state index contributed by atoms with van der Waals surface area (Å²) in [5, 5.41) is 4.06. The Morgan fingerprint density at radius 1 is 0.967 bits per heavy atom. The van der Waals surface area contributed by atoms with Gasteiger partial charge in [-0.2, -0.15) is 0 Å². The van der Waals surface area contributed by atoms with Gasteiger partial charge in [-0.05, 0) is 54.1 Å². The molecule has 0 aliphatic carbocycles. The summed E-state index contributed by atoms with van der Waals surface area (Å²) >= 11 is 5.92. The molecule has 1 aromatic heterocycles. The van der Waals surface area contributed by atoms with Crippen LogP contribution in [-0.2, 0) is 11.2 Å². The largest absolute Gasteiger partial charge is 0.497 e. The third-order valence-electron chi connectivity index (χ3n) is 4.70. The number of furan rings is 1. The van der Waals surface area contributed by atoms with Gasteiger partial charge in [0, 0.05) is 16.0 Å². The summed E-state index contributed by atoms with van der Waals surface area (Å²) in [5.41, 5.74) is 2.13. The molecule has 4 rings (SSSR count). The topological polar surface area (TPSA) is 68.5 Å². The molecular weight excluding hydrogens is 402 g/mol. The molecule has 150 valence electrons. The van der Waals surface area contributed by atoms with Gasteiger partial charge in [-0.3, -0.25) is 9.59 Å². The van der Waals surface area contributed by atoms with Crippen LogP contribution in [0.1, 0.15) is 21.7 Å². The van der Waals surface area contributed by atoms with Crippen molar-refractivity contribution in [1.82, 2.24) is 0 Å². The summed E-state index contributed by atoms with van der Waals surface area (Å²) in [7, 11) is 1.59. The molecule has 0 aliphatic heterocycles. The summed E-state index contributed by atoms with van der Waals surface area (Å²) in [6, 6.07) is 21.0. The molecule has 0 bridgehead atoms. The van der Waals surface area contributed by atoms with Gasteiger partial charge in [-0.15, -0.1) is 0 Å². The number of methoxy groups -OCH3 is 1. The molecule has 3 aromatic carbocycles. The SMILES string of the molecule is COc1ccc(CC(=O)Nc2c(C(=O)c3ccc(Cl)cc3)oc3ccccc23)cc1. The number of hydrogen-bond acceptors (Lipinski definition) is 4. The van der Waals surface area contributed by atoms with Crippen molar-refractivity contribution in [2.24, 2.45) is 0 Å². The zero-order valence-corrected chi connectivity index (χ0v) is 16.9. The fourth-order valence-corrected chi connectivity index (χ4v) is 3.30. The lowest BCUT2D eigenvalue weighted by atomic mass is 10.1. The third kappa shape index (κ3) is 4.07. The van der Waals surface area contributed by atoms with Crippen molar-refractivity contribution in [1.29, 1.82) is 0 Å². The van der Waals surface area contributed by atoms with E-state index in [-0.39, 0.29) is 23.9 Å². The maximum Gasteiger partial charge on any atom is 0.230 e. The maximum absolute atomic E-state index is 13.1. The van der Waals surface area contributed by atoms with Crippen molar-refractivity contribution in [3.8, 4) is 5.75 Å². The van der Waals surface area contributed by atoms with Crippen LogP contribution in [0.2, 0.25) is 5.02 Å². The number of para-hydroxylation sites is 1. The van der Waals surface area contributed by atoms with E-state index in [0.29, 0.717) is 27.2 Å². The van der Waals surface area contributed by atoms with Crippen LogP contribution in [0.15, 0.2) is 77.2 Å². The van der Waals surface area contributed by atoms with E-state index in [2.05, 4.69) is 5.32 Å². The van der Waals surface area contributed by atoms with Crippen LogP contribution < -0.4 is 10.1 Å². The molecule has 6 heteroatoms. The van der Waals surface area contributed by atoms with Gasteiger partial charge in [-0.25, -0.2) is 0 Å². The van der Waals surface area contributed by atoms with Gasteiger partial charge < -0.3 is 14.5 Å². The molecule has 4 aromatic rings. The Labute approximate surface area is 178 Å². The van der Waals surface area contributed by atoms with Crippen molar-refractivity contribution >= 4 is 39.9 Å². The van der Waals surface area contributed by atoms with Crippen molar-refractivity contribution in [2.45, 2.75) is 6.42 Å². The lowest BCUT2D eigenvalue weighted by Crippen LogP contribution is -2.16. The Morgan fingerprint density at radius 2 is 1.67 bits per heavy atom. The average molecular weight is 420 g/mol. The number of rotatable bonds is 6. The molecule has 0 radical (unpaired) electrons. The van der Waals surface area contributed by atoms with E-state index in [9.17, 15) is 9.59 Å². The number of fused-ring (bicyclic) bond motifs is 1. The van der Waals surface area contributed by atoms with E-state index >= 15 is 0 Å². The molecule has 1 amide bonds. The zero-order valence-electron chi connectivity index (χ0n) is 16.1. The predicted molar refractivity (Wildman–Crippen MR) is 116 cm³/mol. The number of carbonyl (C=O) groups is 2. The van der Waals surface area contributed by atoms with Crippen LogP contribution in [0.25, 0.3) is 11.0 Å². The zero-order chi connectivity index (χ0) is 21.1.